The van der Waals surface area contributed by atoms with Crippen LogP contribution in [0.2, 0.25) is 0 Å². The normalized spacial score (nSPS) is 22.0. The van der Waals surface area contributed by atoms with Crippen LogP contribution in [0.15, 0.2) is 36.5 Å². The van der Waals surface area contributed by atoms with Crippen molar-refractivity contribution in [2.75, 3.05) is 31.6 Å². The molecule has 2 aromatic heterocycles. The molecule has 1 N–H and O–H groups in total. The van der Waals surface area contributed by atoms with Gasteiger partial charge in [-0.05, 0) is 65.7 Å². The first-order valence-electron chi connectivity index (χ1n) is 9.58. The number of carbonyl (C=O) groups excluding carboxylic acids is 1. The maximum atomic E-state index is 13.2. The number of aromatic nitrogens is 3. The molecule has 1 unspecified atom stereocenters. The molecule has 1 spiro atoms. The van der Waals surface area contributed by atoms with Crippen LogP contribution < -0.4 is 15.0 Å². The Morgan fingerprint density at radius 1 is 1.28 bits per heavy atom. The monoisotopic (exact) mass is 521 g/mol. The molecular formula is C20H21IN5O2P. The van der Waals surface area contributed by atoms with Crippen LogP contribution in [-0.4, -0.2) is 47.2 Å². The molecule has 29 heavy (non-hydrogen) atoms. The summed E-state index contributed by atoms with van der Waals surface area (Å²) in [6.07, 6.45) is 4.12. The van der Waals surface area contributed by atoms with Gasteiger partial charge in [0.2, 0.25) is 11.8 Å². The zero-order valence-corrected chi connectivity index (χ0v) is 19.1. The van der Waals surface area contributed by atoms with E-state index in [0.29, 0.717) is 12.3 Å². The number of hydrogen-bond acceptors (Lipinski definition) is 5. The van der Waals surface area contributed by atoms with Crippen molar-refractivity contribution < 1.29 is 9.53 Å². The fourth-order valence-corrected chi connectivity index (χ4v) is 5.93. The van der Waals surface area contributed by atoms with E-state index < -0.39 is 0 Å². The fraction of sp³-hybridized carbons (Fsp3) is 0.350. The van der Waals surface area contributed by atoms with Crippen LogP contribution in [0.1, 0.15) is 12.8 Å². The Morgan fingerprint density at radius 3 is 2.86 bits per heavy atom. The highest BCUT2D eigenvalue weighted by Gasteiger charge is 2.48. The summed E-state index contributed by atoms with van der Waals surface area (Å²) in [4.78, 5) is 19.5. The molecule has 150 valence electrons. The highest BCUT2D eigenvalue weighted by atomic mass is 127. The van der Waals surface area contributed by atoms with Crippen LogP contribution in [0.4, 0.5) is 5.69 Å². The SMILES string of the molecule is COc1ccc(-c2nn(PI)c3ccc(N4CC[C@]5(CCNC5)C4=O)cc23)cn1. The second kappa shape index (κ2) is 7.49. The van der Waals surface area contributed by atoms with Crippen molar-refractivity contribution in [3.05, 3.63) is 36.5 Å². The van der Waals surface area contributed by atoms with Crippen LogP contribution in [0.5, 0.6) is 5.88 Å². The number of nitrogens with one attached hydrogen (secondary N) is 1. The fourth-order valence-electron chi connectivity index (χ4n) is 4.40. The van der Waals surface area contributed by atoms with Crippen molar-refractivity contribution in [2.24, 2.45) is 5.41 Å². The Balaban J connectivity index is 1.58. The van der Waals surface area contributed by atoms with Crippen LogP contribution in [0.3, 0.4) is 0 Å². The van der Waals surface area contributed by atoms with Crippen molar-refractivity contribution in [3.63, 3.8) is 0 Å². The number of fused-ring (bicyclic) bond motifs is 1. The number of halogens is 1. The molecule has 2 aliphatic rings. The van der Waals surface area contributed by atoms with Crippen LogP contribution in [0, 0.1) is 5.41 Å². The lowest BCUT2D eigenvalue weighted by Gasteiger charge is -2.22. The van der Waals surface area contributed by atoms with E-state index in [4.69, 9.17) is 9.84 Å². The third-order valence-electron chi connectivity index (χ3n) is 6.03. The lowest BCUT2D eigenvalue weighted by atomic mass is 9.86. The number of rotatable bonds is 4. The van der Waals surface area contributed by atoms with Gasteiger partial charge in [0.1, 0.15) is 5.69 Å². The second-order valence-corrected chi connectivity index (χ2v) is 9.59. The van der Waals surface area contributed by atoms with Crippen LogP contribution in [0.25, 0.3) is 22.2 Å². The number of ether oxygens (including phenoxy) is 1. The molecule has 0 saturated carbocycles. The van der Waals surface area contributed by atoms with Gasteiger partial charge in [0, 0.05) is 42.0 Å². The van der Waals surface area contributed by atoms with E-state index in [0.717, 1.165) is 60.3 Å². The van der Waals surface area contributed by atoms with Gasteiger partial charge in [0.05, 0.1) is 24.4 Å². The minimum absolute atomic E-state index is 0.217. The summed E-state index contributed by atoms with van der Waals surface area (Å²) in [5.41, 5.74) is 3.61. The minimum atomic E-state index is -0.217. The lowest BCUT2D eigenvalue weighted by molar-refractivity contribution is -0.124. The Morgan fingerprint density at radius 2 is 2.17 bits per heavy atom. The summed E-state index contributed by atoms with van der Waals surface area (Å²) in [5.74, 6) is 0.824. The molecule has 2 saturated heterocycles. The number of pyridine rings is 1. The Hall–Kier alpha value is -1.77. The van der Waals surface area contributed by atoms with Crippen LogP contribution >= 0.6 is 28.4 Å². The van der Waals surface area contributed by atoms with Gasteiger partial charge in [0.25, 0.3) is 0 Å². The second-order valence-electron chi connectivity index (χ2n) is 7.55. The molecule has 2 fully saturated rings. The van der Waals surface area contributed by atoms with Crippen molar-refractivity contribution in [2.45, 2.75) is 12.8 Å². The molecule has 3 aromatic rings. The smallest absolute Gasteiger partial charge is 0.234 e. The van der Waals surface area contributed by atoms with Gasteiger partial charge < -0.3 is 15.0 Å². The first kappa shape index (κ1) is 19.2. The number of amides is 1. The summed E-state index contributed by atoms with van der Waals surface area (Å²) in [7, 11) is 1.61. The average Bonchev–Trinajstić information content (AvgIpc) is 3.47. The summed E-state index contributed by atoms with van der Waals surface area (Å²) in [6.45, 7) is 2.49. The van der Waals surface area contributed by atoms with E-state index in [1.807, 2.05) is 27.6 Å². The zero-order valence-electron chi connectivity index (χ0n) is 16.0. The maximum Gasteiger partial charge on any atom is 0.234 e. The average molecular weight is 521 g/mol. The van der Waals surface area contributed by atoms with Gasteiger partial charge in [-0.15, -0.1) is 0 Å². The van der Waals surface area contributed by atoms with E-state index in [1.165, 1.54) is 0 Å². The number of benzene rings is 1. The number of nitrogens with zero attached hydrogens (tertiary/aromatic N) is 4. The molecule has 0 aliphatic carbocycles. The predicted octanol–water partition coefficient (Wildman–Crippen LogP) is 3.61. The third kappa shape index (κ3) is 3.12. The highest BCUT2D eigenvalue weighted by Crippen LogP contribution is 2.42. The molecule has 1 amide bonds. The first-order valence-corrected chi connectivity index (χ1v) is 13.6. The largest absolute Gasteiger partial charge is 0.481 e. The first-order chi connectivity index (χ1) is 14.1. The van der Waals surface area contributed by atoms with Gasteiger partial charge in [0.15, 0.2) is 0 Å². The lowest BCUT2D eigenvalue weighted by Crippen LogP contribution is -2.36. The highest BCUT2D eigenvalue weighted by molar-refractivity contribution is 14.2. The van der Waals surface area contributed by atoms with E-state index in [9.17, 15) is 4.79 Å². The van der Waals surface area contributed by atoms with Crippen molar-refractivity contribution >= 4 is 50.9 Å². The number of hydrogen-bond donors (Lipinski definition) is 1. The Labute approximate surface area is 183 Å². The Kier molecular flexibility index (Phi) is 4.96. The molecule has 0 bridgehead atoms. The number of methoxy groups -OCH3 is 1. The summed E-state index contributed by atoms with van der Waals surface area (Å²) >= 11 is 2.34. The van der Waals surface area contributed by atoms with Gasteiger partial charge in [-0.1, -0.05) is 0 Å². The van der Waals surface area contributed by atoms with Gasteiger partial charge >= 0.3 is 0 Å². The van der Waals surface area contributed by atoms with Crippen LogP contribution in [-0.2, 0) is 4.79 Å². The van der Waals surface area contributed by atoms with Gasteiger partial charge in [-0.25, -0.2) is 9.44 Å². The molecule has 5 rings (SSSR count). The third-order valence-corrected chi connectivity index (χ3v) is 7.90. The quantitative estimate of drug-likeness (QED) is 0.420. The molecule has 2 atom stereocenters. The summed E-state index contributed by atoms with van der Waals surface area (Å²) < 4.78 is 7.18. The topological polar surface area (TPSA) is 72.3 Å². The number of carbonyl (C=O) groups is 1. The van der Waals surface area contributed by atoms with E-state index in [2.05, 4.69) is 44.5 Å². The molecule has 1 aromatic carbocycles. The van der Waals surface area contributed by atoms with E-state index in [1.54, 1.807) is 13.3 Å². The van der Waals surface area contributed by atoms with Gasteiger partial charge in [-0.2, -0.15) is 5.10 Å². The zero-order chi connectivity index (χ0) is 20.0. The molecule has 0 radical (unpaired) electrons. The molecule has 7 nitrogen and oxygen atoms in total. The molecule has 4 heterocycles. The van der Waals surface area contributed by atoms with Crippen molar-refractivity contribution in [3.8, 4) is 17.1 Å². The van der Waals surface area contributed by atoms with E-state index in [-0.39, 0.29) is 11.3 Å². The summed E-state index contributed by atoms with van der Waals surface area (Å²) in [5, 5.41) is 9.22. The van der Waals surface area contributed by atoms with E-state index >= 15 is 0 Å². The summed E-state index contributed by atoms with van der Waals surface area (Å²) in [6, 6.07) is 10.1. The standard InChI is InChI=1S/C20H21IN5O2P/c1-28-17-5-2-13(11-23-17)18-15-10-14(3-4-16(15)26(24-18)29-21)25-9-7-20(19(25)27)6-8-22-12-20/h2-5,10-11,22,29H,6-9,12H2,1H3/t20-/m0/s1. The minimum Gasteiger partial charge on any atom is -0.481 e. The predicted molar refractivity (Wildman–Crippen MR) is 124 cm³/mol. The van der Waals surface area contributed by atoms with Gasteiger partial charge in [-0.3, -0.25) is 4.79 Å². The van der Waals surface area contributed by atoms with Crippen molar-refractivity contribution in [1.29, 1.82) is 0 Å². The van der Waals surface area contributed by atoms with Crippen molar-refractivity contribution in [1.82, 2.24) is 19.9 Å². The maximum absolute atomic E-state index is 13.2. The Bertz CT molecular complexity index is 1080. The molecular weight excluding hydrogens is 500 g/mol. The number of anilines is 1. The molecule has 9 heteroatoms. The molecule has 2 aliphatic heterocycles.